The summed E-state index contributed by atoms with van der Waals surface area (Å²) < 4.78 is 1.96. The summed E-state index contributed by atoms with van der Waals surface area (Å²) in [6, 6.07) is 16.5. The van der Waals surface area contributed by atoms with Crippen LogP contribution >= 0.6 is 11.8 Å². The van der Waals surface area contributed by atoms with Gasteiger partial charge in [-0.3, -0.25) is 4.79 Å². The molecule has 0 radical (unpaired) electrons. The number of rotatable bonds is 8. The number of hydrogen-bond acceptors (Lipinski definition) is 4. The van der Waals surface area contributed by atoms with E-state index >= 15 is 0 Å². The Balaban J connectivity index is 1.67. The molecule has 0 aliphatic carbocycles. The summed E-state index contributed by atoms with van der Waals surface area (Å²) in [4.78, 5) is 12.8. The molecule has 0 unspecified atom stereocenters. The van der Waals surface area contributed by atoms with Crippen molar-refractivity contribution < 1.29 is 4.79 Å². The van der Waals surface area contributed by atoms with Crippen molar-refractivity contribution >= 4 is 23.4 Å². The standard InChI is InChI=1S/C24H30N4OS/c1-16(2)19-12-9-13-20(17(3)4)23(19)25-22(29)15-30-24-27-26-21(28(24)5)14-18-10-7-6-8-11-18/h6-13,16-17H,14-15H2,1-5H3,(H,25,29). The number of benzene rings is 2. The molecule has 1 heterocycles. The van der Waals surface area contributed by atoms with E-state index in [1.165, 1.54) is 28.5 Å². The summed E-state index contributed by atoms with van der Waals surface area (Å²) in [5.74, 6) is 1.83. The number of nitrogens with zero attached hydrogens (tertiary/aromatic N) is 3. The number of aromatic nitrogens is 3. The highest BCUT2D eigenvalue weighted by Gasteiger charge is 2.17. The third kappa shape index (κ3) is 5.30. The number of para-hydroxylation sites is 1. The number of carbonyl (C=O) groups is 1. The summed E-state index contributed by atoms with van der Waals surface area (Å²) in [5, 5.41) is 12.5. The number of hydrogen-bond donors (Lipinski definition) is 1. The predicted octanol–water partition coefficient (Wildman–Crippen LogP) is 5.38. The molecule has 0 spiro atoms. The molecule has 0 saturated heterocycles. The summed E-state index contributed by atoms with van der Waals surface area (Å²) in [5.41, 5.74) is 4.48. The predicted molar refractivity (Wildman–Crippen MR) is 124 cm³/mol. The molecule has 0 atom stereocenters. The first-order valence-electron chi connectivity index (χ1n) is 10.3. The van der Waals surface area contributed by atoms with Crippen LogP contribution in [0.25, 0.3) is 0 Å². The van der Waals surface area contributed by atoms with E-state index in [0.29, 0.717) is 17.6 Å². The van der Waals surface area contributed by atoms with Crippen molar-refractivity contribution in [3.8, 4) is 0 Å². The zero-order valence-corrected chi connectivity index (χ0v) is 19.2. The number of nitrogens with one attached hydrogen (secondary N) is 1. The quantitative estimate of drug-likeness (QED) is 0.495. The van der Waals surface area contributed by atoms with Crippen LogP contribution in [-0.4, -0.2) is 26.4 Å². The molecule has 3 rings (SSSR count). The Morgan fingerprint density at radius 1 is 0.967 bits per heavy atom. The van der Waals surface area contributed by atoms with E-state index in [-0.39, 0.29) is 5.91 Å². The van der Waals surface area contributed by atoms with Crippen molar-refractivity contribution in [3.05, 3.63) is 71.0 Å². The second-order valence-electron chi connectivity index (χ2n) is 8.08. The highest BCUT2D eigenvalue weighted by atomic mass is 32.2. The van der Waals surface area contributed by atoms with Crippen LogP contribution < -0.4 is 5.32 Å². The summed E-state index contributed by atoms with van der Waals surface area (Å²) in [7, 11) is 1.95. The largest absolute Gasteiger partial charge is 0.325 e. The van der Waals surface area contributed by atoms with Crippen LogP contribution in [0.15, 0.2) is 53.7 Å². The Morgan fingerprint density at radius 3 is 2.20 bits per heavy atom. The minimum Gasteiger partial charge on any atom is -0.325 e. The van der Waals surface area contributed by atoms with Crippen LogP contribution in [-0.2, 0) is 18.3 Å². The average molecular weight is 423 g/mol. The van der Waals surface area contributed by atoms with E-state index in [1.807, 2.05) is 29.8 Å². The van der Waals surface area contributed by atoms with E-state index in [4.69, 9.17) is 0 Å². The first kappa shape index (κ1) is 22.1. The van der Waals surface area contributed by atoms with Gasteiger partial charge in [0.15, 0.2) is 5.16 Å². The summed E-state index contributed by atoms with van der Waals surface area (Å²) in [6.07, 6.45) is 0.719. The molecular formula is C24H30N4OS. The highest BCUT2D eigenvalue weighted by molar-refractivity contribution is 7.99. The number of carbonyl (C=O) groups excluding carboxylic acids is 1. The lowest BCUT2D eigenvalue weighted by Gasteiger charge is -2.20. The molecule has 1 N–H and O–H groups in total. The van der Waals surface area contributed by atoms with Gasteiger partial charge in [0.25, 0.3) is 0 Å². The molecule has 0 aliphatic heterocycles. The fourth-order valence-corrected chi connectivity index (χ4v) is 4.13. The van der Waals surface area contributed by atoms with Crippen molar-refractivity contribution in [3.63, 3.8) is 0 Å². The van der Waals surface area contributed by atoms with Crippen molar-refractivity contribution in [2.75, 3.05) is 11.1 Å². The normalized spacial score (nSPS) is 11.3. The molecule has 0 fully saturated rings. The van der Waals surface area contributed by atoms with Gasteiger partial charge >= 0.3 is 0 Å². The Labute approximate surface area is 183 Å². The molecule has 0 aliphatic rings. The van der Waals surface area contributed by atoms with Gasteiger partial charge < -0.3 is 9.88 Å². The van der Waals surface area contributed by atoms with Crippen LogP contribution in [0.4, 0.5) is 5.69 Å². The molecule has 5 nitrogen and oxygen atoms in total. The van der Waals surface area contributed by atoms with Crippen LogP contribution in [0.2, 0.25) is 0 Å². The number of thioether (sulfide) groups is 1. The smallest absolute Gasteiger partial charge is 0.234 e. The molecule has 1 aromatic heterocycles. The maximum atomic E-state index is 12.8. The summed E-state index contributed by atoms with van der Waals surface area (Å²) >= 11 is 1.41. The molecule has 0 bridgehead atoms. The van der Waals surface area contributed by atoms with E-state index in [2.05, 4.69) is 73.5 Å². The molecule has 6 heteroatoms. The van der Waals surface area contributed by atoms with Gasteiger partial charge in [0.1, 0.15) is 5.82 Å². The number of anilines is 1. The lowest BCUT2D eigenvalue weighted by atomic mass is 9.92. The molecular weight excluding hydrogens is 392 g/mol. The average Bonchev–Trinajstić information content (AvgIpc) is 3.06. The van der Waals surface area contributed by atoms with E-state index in [9.17, 15) is 4.79 Å². The van der Waals surface area contributed by atoms with Gasteiger partial charge in [-0.15, -0.1) is 10.2 Å². The Bertz CT molecular complexity index is 969. The monoisotopic (exact) mass is 422 g/mol. The minimum absolute atomic E-state index is 0.0254. The second-order valence-corrected chi connectivity index (χ2v) is 9.02. The lowest BCUT2D eigenvalue weighted by Crippen LogP contribution is -2.18. The van der Waals surface area contributed by atoms with Crippen LogP contribution in [0.3, 0.4) is 0 Å². The van der Waals surface area contributed by atoms with Gasteiger partial charge in [-0.1, -0.05) is 88.0 Å². The fourth-order valence-electron chi connectivity index (χ4n) is 3.40. The Hall–Kier alpha value is -2.60. The summed E-state index contributed by atoms with van der Waals surface area (Å²) in [6.45, 7) is 8.60. The van der Waals surface area contributed by atoms with Crippen molar-refractivity contribution in [1.82, 2.24) is 14.8 Å². The minimum atomic E-state index is -0.0254. The Kier molecular flexibility index (Phi) is 7.32. The molecule has 0 saturated carbocycles. The molecule has 1 amide bonds. The lowest BCUT2D eigenvalue weighted by molar-refractivity contribution is -0.113. The SMILES string of the molecule is CC(C)c1cccc(C(C)C)c1NC(=O)CSc1nnc(Cc2ccccc2)n1C. The van der Waals surface area contributed by atoms with Gasteiger partial charge in [-0.2, -0.15) is 0 Å². The van der Waals surface area contributed by atoms with E-state index in [1.54, 1.807) is 0 Å². The molecule has 3 aromatic rings. The first-order chi connectivity index (χ1) is 14.4. The van der Waals surface area contributed by atoms with Crippen molar-refractivity contribution in [2.45, 2.75) is 51.1 Å². The van der Waals surface area contributed by atoms with Gasteiger partial charge in [0.2, 0.25) is 5.91 Å². The highest BCUT2D eigenvalue weighted by Crippen LogP contribution is 2.32. The van der Waals surface area contributed by atoms with Crippen LogP contribution in [0.5, 0.6) is 0 Å². The van der Waals surface area contributed by atoms with Gasteiger partial charge in [0.05, 0.1) is 5.75 Å². The van der Waals surface area contributed by atoms with E-state index < -0.39 is 0 Å². The molecule has 30 heavy (non-hydrogen) atoms. The second kappa shape index (κ2) is 9.94. The fraction of sp³-hybridized carbons (Fsp3) is 0.375. The van der Waals surface area contributed by atoms with Gasteiger partial charge in [-0.25, -0.2) is 0 Å². The number of amides is 1. The van der Waals surface area contributed by atoms with Crippen LogP contribution in [0, 0.1) is 0 Å². The molecule has 158 valence electrons. The zero-order valence-electron chi connectivity index (χ0n) is 18.3. The van der Waals surface area contributed by atoms with Crippen molar-refractivity contribution in [2.24, 2.45) is 7.05 Å². The Morgan fingerprint density at radius 2 is 1.60 bits per heavy atom. The van der Waals surface area contributed by atoms with Gasteiger partial charge in [0, 0.05) is 19.2 Å². The first-order valence-corrected chi connectivity index (χ1v) is 11.3. The van der Waals surface area contributed by atoms with Gasteiger partial charge in [-0.05, 0) is 28.5 Å². The van der Waals surface area contributed by atoms with E-state index in [0.717, 1.165) is 23.1 Å². The zero-order chi connectivity index (χ0) is 21.7. The third-order valence-corrected chi connectivity index (χ3v) is 6.12. The molecule has 2 aromatic carbocycles. The van der Waals surface area contributed by atoms with Crippen molar-refractivity contribution in [1.29, 1.82) is 0 Å². The maximum absolute atomic E-state index is 12.8. The maximum Gasteiger partial charge on any atom is 0.234 e. The van der Waals surface area contributed by atoms with Crippen LogP contribution in [0.1, 0.15) is 62.0 Å². The third-order valence-electron chi connectivity index (χ3n) is 5.10. The topological polar surface area (TPSA) is 59.8 Å².